The molecular weight excluding hydrogens is 440 g/mol. The van der Waals surface area contributed by atoms with Crippen LogP contribution < -0.4 is 5.32 Å². The van der Waals surface area contributed by atoms with Crippen molar-refractivity contribution in [3.05, 3.63) is 58.8 Å². The minimum Gasteiger partial charge on any atom is -0.505 e. The summed E-state index contributed by atoms with van der Waals surface area (Å²) < 4.78 is 84.6. The highest BCUT2D eigenvalue weighted by molar-refractivity contribution is 5.91. The van der Waals surface area contributed by atoms with Gasteiger partial charge in [-0.2, -0.15) is 13.2 Å². The third-order valence-corrected chi connectivity index (χ3v) is 5.78. The Morgan fingerprint density at radius 1 is 1.16 bits per heavy atom. The first-order chi connectivity index (χ1) is 14.8. The van der Waals surface area contributed by atoms with E-state index in [2.05, 4.69) is 15.3 Å². The Labute approximate surface area is 177 Å². The van der Waals surface area contributed by atoms with Gasteiger partial charge in [-0.1, -0.05) is 13.0 Å². The van der Waals surface area contributed by atoms with Crippen LogP contribution in [0.4, 0.5) is 32.0 Å². The fourth-order valence-corrected chi connectivity index (χ4v) is 4.28. The molecule has 1 aliphatic carbocycles. The van der Waals surface area contributed by atoms with Gasteiger partial charge in [0.1, 0.15) is 11.3 Å². The van der Waals surface area contributed by atoms with Crippen LogP contribution in [0.3, 0.4) is 0 Å². The molecule has 0 spiro atoms. The van der Waals surface area contributed by atoms with E-state index in [0.29, 0.717) is 6.07 Å². The van der Waals surface area contributed by atoms with Crippen LogP contribution in [-0.4, -0.2) is 32.0 Å². The molecule has 0 saturated carbocycles. The maximum absolute atomic E-state index is 14.3. The summed E-state index contributed by atoms with van der Waals surface area (Å²) in [6.07, 6.45) is -4.94. The molecular formula is C21H17F6N3O2. The van der Waals surface area contributed by atoms with Gasteiger partial charge >= 0.3 is 6.18 Å². The number of aryl methyl sites for hydroxylation is 1. The van der Waals surface area contributed by atoms with Gasteiger partial charge in [0.15, 0.2) is 28.8 Å². The minimum atomic E-state index is -5.15. The SMILES string of the molecule is Cc1ncc2c(N[C@H]3c4ccc(F)c(O)c4[C@H](C)C[C@]3(O)C(F)(F)F)cc(F)c(F)c2n1. The number of phenolic OH excluding ortho intramolecular Hbond substituents is 1. The molecule has 0 saturated heterocycles. The molecule has 170 valence electrons. The van der Waals surface area contributed by atoms with Gasteiger partial charge in [-0.15, -0.1) is 0 Å². The van der Waals surface area contributed by atoms with Gasteiger partial charge in [0.2, 0.25) is 0 Å². The number of phenols is 1. The summed E-state index contributed by atoms with van der Waals surface area (Å²) in [7, 11) is 0. The van der Waals surface area contributed by atoms with Crippen molar-refractivity contribution in [2.24, 2.45) is 0 Å². The molecule has 0 aliphatic heterocycles. The standard InChI is InChI=1S/C21H17F6N3O2/c1-8-6-20(32,21(25,26)27)19(10-3-4-12(22)18(31)15(8)10)30-14-5-13(23)16(24)17-11(14)7-28-9(2)29-17/h3-5,7-8,19,30-32H,6H2,1-2H3/t8-,19+,20-/m1/s1. The van der Waals surface area contributed by atoms with Gasteiger partial charge in [0.25, 0.3) is 0 Å². The number of benzene rings is 2. The smallest absolute Gasteiger partial charge is 0.419 e. The second kappa shape index (κ2) is 7.22. The van der Waals surface area contributed by atoms with E-state index in [4.69, 9.17) is 0 Å². The molecule has 1 aromatic heterocycles. The van der Waals surface area contributed by atoms with E-state index in [1.165, 1.54) is 13.8 Å². The summed E-state index contributed by atoms with van der Waals surface area (Å²) in [6.45, 7) is 2.74. The highest BCUT2D eigenvalue weighted by atomic mass is 19.4. The number of halogens is 6. The van der Waals surface area contributed by atoms with E-state index in [1.807, 2.05) is 0 Å². The van der Waals surface area contributed by atoms with Crippen molar-refractivity contribution in [1.29, 1.82) is 0 Å². The predicted octanol–water partition coefficient (Wildman–Crippen LogP) is 5.01. The Kier molecular flexibility index (Phi) is 5.00. The van der Waals surface area contributed by atoms with E-state index < -0.39 is 58.9 Å². The Morgan fingerprint density at radius 2 is 1.84 bits per heavy atom. The average Bonchev–Trinajstić information content (AvgIpc) is 2.70. The van der Waals surface area contributed by atoms with Crippen LogP contribution in [0.2, 0.25) is 0 Å². The summed E-state index contributed by atoms with van der Waals surface area (Å²) in [5.74, 6) is -5.50. The lowest BCUT2D eigenvalue weighted by molar-refractivity contribution is -0.272. The molecule has 2 aromatic carbocycles. The molecule has 3 atom stereocenters. The monoisotopic (exact) mass is 457 g/mol. The van der Waals surface area contributed by atoms with E-state index in [1.54, 1.807) is 0 Å². The largest absolute Gasteiger partial charge is 0.505 e. The Morgan fingerprint density at radius 3 is 2.50 bits per heavy atom. The van der Waals surface area contributed by atoms with Crippen LogP contribution in [0.1, 0.15) is 42.3 Å². The lowest BCUT2D eigenvalue weighted by Gasteiger charge is -2.45. The zero-order valence-electron chi connectivity index (χ0n) is 16.7. The highest BCUT2D eigenvalue weighted by Gasteiger charge is 2.62. The number of aromatic nitrogens is 2. The van der Waals surface area contributed by atoms with Crippen molar-refractivity contribution < 1.29 is 36.6 Å². The van der Waals surface area contributed by atoms with Crippen molar-refractivity contribution in [1.82, 2.24) is 9.97 Å². The van der Waals surface area contributed by atoms with E-state index >= 15 is 0 Å². The van der Waals surface area contributed by atoms with E-state index in [9.17, 15) is 36.6 Å². The molecule has 32 heavy (non-hydrogen) atoms. The van der Waals surface area contributed by atoms with Crippen LogP contribution in [-0.2, 0) is 0 Å². The Balaban J connectivity index is 1.96. The minimum absolute atomic E-state index is 0.108. The number of nitrogens with one attached hydrogen (secondary N) is 1. The summed E-state index contributed by atoms with van der Waals surface area (Å²) in [4.78, 5) is 7.70. The van der Waals surface area contributed by atoms with Gasteiger partial charge in [-0.3, -0.25) is 0 Å². The van der Waals surface area contributed by atoms with Crippen LogP contribution in [0, 0.1) is 24.4 Å². The third-order valence-electron chi connectivity index (χ3n) is 5.78. The molecule has 0 amide bonds. The molecule has 5 nitrogen and oxygen atoms in total. The summed E-state index contributed by atoms with van der Waals surface area (Å²) >= 11 is 0. The number of hydrogen-bond donors (Lipinski definition) is 3. The maximum Gasteiger partial charge on any atom is 0.419 e. The number of alkyl halides is 3. The lowest BCUT2D eigenvalue weighted by Crippen LogP contribution is -2.55. The van der Waals surface area contributed by atoms with Gasteiger partial charge in [-0.25, -0.2) is 23.1 Å². The number of rotatable bonds is 2. The average molecular weight is 457 g/mol. The number of hydrogen-bond acceptors (Lipinski definition) is 5. The second-order valence-corrected chi connectivity index (χ2v) is 7.90. The number of aliphatic hydroxyl groups is 1. The zero-order chi connectivity index (χ0) is 23.6. The number of aromatic hydroxyl groups is 1. The molecule has 1 aliphatic rings. The lowest BCUT2D eigenvalue weighted by atomic mass is 9.70. The molecule has 0 unspecified atom stereocenters. The van der Waals surface area contributed by atoms with E-state index in [0.717, 1.165) is 18.3 Å². The molecule has 0 radical (unpaired) electrons. The number of nitrogens with zero attached hydrogens (tertiary/aromatic N) is 2. The van der Waals surface area contributed by atoms with Crippen molar-refractivity contribution in [2.75, 3.05) is 5.32 Å². The first-order valence-electron chi connectivity index (χ1n) is 9.53. The van der Waals surface area contributed by atoms with Crippen LogP contribution in [0.5, 0.6) is 5.75 Å². The first-order valence-corrected chi connectivity index (χ1v) is 9.53. The van der Waals surface area contributed by atoms with Crippen LogP contribution in [0.15, 0.2) is 24.4 Å². The summed E-state index contributed by atoms with van der Waals surface area (Å²) in [5.41, 5.74) is -4.48. The van der Waals surface area contributed by atoms with Gasteiger partial charge < -0.3 is 15.5 Å². The number of anilines is 1. The van der Waals surface area contributed by atoms with Gasteiger partial charge in [-0.05, 0) is 30.9 Å². The molecule has 11 heteroatoms. The molecule has 3 aromatic rings. The predicted molar refractivity (Wildman–Crippen MR) is 103 cm³/mol. The fourth-order valence-electron chi connectivity index (χ4n) is 4.28. The van der Waals surface area contributed by atoms with Gasteiger partial charge in [0.05, 0.1) is 6.04 Å². The zero-order valence-corrected chi connectivity index (χ0v) is 16.7. The van der Waals surface area contributed by atoms with Crippen molar-refractivity contribution in [2.45, 2.75) is 44.0 Å². The van der Waals surface area contributed by atoms with Crippen molar-refractivity contribution in [3.8, 4) is 5.75 Å². The summed E-state index contributed by atoms with van der Waals surface area (Å²) in [5, 5.41) is 23.3. The van der Waals surface area contributed by atoms with E-state index in [-0.39, 0.29) is 28.0 Å². The molecule has 3 N–H and O–H groups in total. The van der Waals surface area contributed by atoms with Crippen LogP contribution in [0.25, 0.3) is 10.9 Å². The van der Waals surface area contributed by atoms with Crippen molar-refractivity contribution >= 4 is 16.6 Å². The first kappa shape index (κ1) is 22.1. The maximum atomic E-state index is 14.3. The number of fused-ring (bicyclic) bond motifs is 2. The molecule has 1 heterocycles. The molecule has 0 bridgehead atoms. The highest BCUT2D eigenvalue weighted by Crippen LogP contribution is 2.54. The summed E-state index contributed by atoms with van der Waals surface area (Å²) in [6, 6.07) is 0.438. The normalized spacial score (nSPS) is 23.3. The second-order valence-electron chi connectivity index (χ2n) is 7.90. The Hall–Kier alpha value is -3.08. The topological polar surface area (TPSA) is 78.3 Å². The quantitative estimate of drug-likeness (QED) is 0.472. The van der Waals surface area contributed by atoms with Crippen LogP contribution >= 0.6 is 0 Å². The van der Waals surface area contributed by atoms with Gasteiger partial charge in [0, 0.05) is 28.9 Å². The molecule has 0 fully saturated rings. The Bertz CT molecular complexity index is 1230. The molecule has 4 rings (SSSR count). The fraction of sp³-hybridized carbons (Fsp3) is 0.333. The third kappa shape index (κ3) is 3.22. The van der Waals surface area contributed by atoms with Crippen molar-refractivity contribution in [3.63, 3.8) is 0 Å².